The summed E-state index contributed by atoms with van der Waals surface area (Å²) in [6.07, 6.45) is 2.98. The van der Waals surface area contributed by atoms with Crippen molar-refractivity contribution in [2.45, 2.75) is 39.3 Å². The van der Waals surface area contributed by atoms with E-state index in [0.717, 1.165) is 28.7 Å². The first kappa shape index (κ1) is 23.3. The molecule has 0 bridgehead atoms. The van der Waals surface area contributed by atoms with Crippen molar-refractivity contribution in [1.82, 2.24) is 25.2 Å². The molecule has 1 atom stereocenters. The molecule has 8 nitrogen and oxygen atoms in total. The first-order valence-corrected chi connectivity index (χ1v) is 11.6. The van der Waals surface area contributed by atoms with E-state index in [2.05, 4.69) is 20.7 Å². The molecule has 2 amide bonds. The van der Waals surface area contributed by atoms with Crippen molar-refractivity contribution in [3.05, 3.63) is 99.8 Å². The zero-order valence-electron chi connectivity index (χ0n) is 19.8. The third kappa shape index (κ3) is 4.35. The van der Waals surface area contributed by atoms with Crippen LogP contribution in [0.4, 0.5) is 4.39 Å². The SMILES string of the molecule is CC(=O)c1ccc2c(c1C)CC[C@@H]2NC(=O)c1cc(C(=O)NCc2ccc(F)cc2)nc2ccnn12. The maximum Gasteiger partial charge on any atom is 0.270 e. The maximum absolute atomic E-state index is 13.3. The molecule has 4 aromatic rings. The van der Waals surface area contributed by atoms with Crippen LogP contribution in [0.5, 0.6) is 0 Å². The number of ketones is 1. The number of nitrogens with zero attached hydrogens (tertiary/aromatic N) is 3. The van der Waals surface area contributed by atoms with Gasteiger partial charge in [0, 0.05) is 24.2 Å². The van der Waals surface area contributed by atoms with Crippen molar-refractivity contribution in [1.29, 1.82) is 0 Å². The lowest BCUT2D eigenvalue weighted by Crippen LogP contribution is -2.30. The summed E-state index contributed by atoms with van der Waals surface area (Å²) in [4.78, 5) is 42.4. The van der Waals surface area contributed by atoms with Gasteiger partial charge in [-0.3, -0.25) is 14.4 Å². The predicted molar refractivity (Wildman–Crippen MR) is 130 cm³/mol. The van der Waals surface area contributed by atoms with Gasteiger partial charge < -0.3 is 10.6 Å². The predicted octanol–water partition coefficient (Wildman–Crippen LogP) is 3.73. The van der Waals surface area contributed by atoms with Crippen LogP contribution in [-0.2, 0) is 13.0 Å². The molecule has 182 valence electrons. The standard InChI is InChI=1S/C27H24FN5O3/c1-15-19(16(2)34)7-8-21-20(15)9-10-22(21)32-27(36)24-13-23(31-25-11-12-30-33(24)25)26(35)29-14-17-3-5-18(28)6-4-17/h3-8,11-13,22H,9-10,14H2,1-2H3,(H,29,35)(H,32,36)/t22-/m0/s1. The van der Waals surface area contributed by atoms with E-state index < -0.39 is 5.91 Å². The first-order valence-electron chi connectivity index (χ1n) is 11.6. The summed E-state index contributed by atoms with van der Waals surface area (Å²) in [6.45, 7) is 3.68. The van der Waals surface area contributed by atoms with Crippen molar-refractivity contribution in [3.8, 4) is 0 Å². The Morgan fingerprint density at radius 2 is 1.86 bits per heavy atom. The molecule has 0 fully saturated rings. The fraction of sp³-hybridized carbons (Fsp3) is 0.222. The van der Waals surface area contributed by atoms with Gasteiger partial charge in [-0.2, -0.15) is 5.10 Å². The third-order valence-corrected chi connectivity index (χ3v) is 6.57. The van der Waals surface area contributed by atoms with Crippen LogP contribution in [0.3, 0.4) is 0 Å². The molecule has 1 aliphatic carbocycles. The number of nitrogens with one attached hydrogen (secondary N) is 2. The van der Waals surface area contributed by atoms with E-state index >= 15 is 0 Å². The summed E-state index contributed by atoms with van der Waals surface area (Å²) in [7, 11) is 0. The Kier molecular flexibility index (Phi) is 6.05. The van der Waals surface area contributed by atoms with Gasteiger partial charge in [-0.05, 0) is 61.1 Å². The molecule has 1 aliphatic rings. The molecule has 0 aliphatic heterocycles. The van der Waals surface area contributed by atoms with Gasteiger partial charge in [-0.25, -0.2) is 13.9 Å². The van der Waals surface area contributed by atoms with Crippen LogP contribution in [0.2, 0.25) is 0 Å². The van der Waals surface area contributed by atoms with Crippen molar-refractivity contribution in [3.63, 3.8) is 0 Å². The van der Waals surface area contributed by atoms with E-state index in [1.165, 1.54) is 28.9 Å². The summed E-state index contributed by atoms with van der Waals surface area (Å²) in [5.74, 6) is -1.18. The smallest absolute Gasteiger partial charge is 0.270 e. The van der Waals surface area contributed by atoms with E-state index in [0.29, 0.717) is 17.6 Å². The zero-order valence-corrected chi connectivity index (χ0v) is 19.8. The number of benzene rings is 2. The molecule has 36 heavy (non-hydrogen) atoms. The maximum atomic E-state index is 13.3. The van der Waals surface area contributed by atoms with E-state index in [1.807, 2.05) is 19.1 Å². The molecular weight excluding hydrogens is 461 g/mol. The van der Waals surface area contributed by atoms with Gasteiger partial charge >= 0.3 is 0 Å². The second-order valence-corrected chi connectivity index (χ2v) is 8.86. The highest BCUT2D eigenvalue weighted by atomic mass is 19.1. The van der Waals surface area contributed by atoms with Crippen molar-refractivity contribution < 1.29 is 18.8 Å². The number of fused-ring (bicyclic) bond motifs is 2. The molecule has 0 saturated carbocycles. The van der Waals surface area contributed by atoms with Gasteiger partial charge in [0.2, 0.25) is 0 Å². The fourth-order valence-corrected chi connectivity index (χ4v) is 4.71. The first-order chi connectivity index (χ1) is 17.3. The van der Waals surface area contributed by atoms with Crippen molar-refractivity contribution in [2.75, 3.05) is 0 Å². The number of aromatic nitrogens is 3. The fourth-order valence-electron chi connectivity index (χ4n) is 4.71. The van der Waals surface area contributed by atoms with Crippen LogP contribution in [-0.4, -0.2) is 32.2 Å². The highest BCUT2D eigenvalue weighted by Gasteiger charge is 2.28. The molecule has 2 heterocycles. The topological polar surface area (TPSA) is 105 Å². The molecule has 0 unspecified atom stereocenters. The highest BCUT2D eigenvalue weighted by molar-refractivity contribution is 5.98. The monoisotopic (exact) mass is 485 g/mol. The van der Waals surface area contributed by atoms with E-state index in [1.54, 1.807) is 25.1 Å². The summed E-state index contributed by atoms with van der Waals surface area (Å²) >= 11 is 0. The Hall–Kier alpha value is -4.40. The number of hydrogen-bond donors (Lipinski definition) is 2. The summed E-state index contributed by atoms with van der Waals surface area (Å²) in [5.41, 5.74) is 5.09. The minimum Gasteiger partial charge on any atom is -0.347 e. The van der Waals surface area contributed by atoms with Gasteiger partial charge in [0.25, 0.3) is 11.8 Å². The molecule has 9 heteroatoms. The van der Waals surface area contributed by atoms with E-state index in [4.69, 9.17) is 0 Å². The van der Waals surface area contributed by atoms with Crippen LogP contribution in [0.15, 0.2) is 54.7 Å². The molecule has 2 aromatic carbocycles. The highest BCUT2D eigenvalue weighted by Crippen LogP contribution is 2.35. The second kappa shape index (κ2) is 9.33. The zero-order chi connectivity index (χ0) is 25.4. The third-order valence-electron chi connectivity index (χ3n) is 6.57. The van der Waals surface area contributed by atoms with Crippen LogP contribution in [0, 0.1) is 12.7 Å². The molecule has 5 rings (SSSR count). The number of hydrogen-bond acceptors (Lipinski definition) is 5. The number of Topliss-reactive ketones (excluding diaryl/α,β-unsaturated/α-hetero) is 1. The quantitative estimate of drug-likeness (QED) is 0.405. The summed E-state index contributed by atoms with van der Waals surface area (Å²) in [5, 5.41) is 10.0. The Labute approximate surface area is 206 Å². The Balaban J connectivity index is 1.38. The Bertz CT molecular complexity index is 1510. The molecule has 0 saturated heterocycles. The van der Waals surface area contributed by atoms with Crippen molar-refractivity contribution >= 4 is 23.2 Å². The van der Waals surface area contributed by atoms with Crippen LogP contribution >= 0.6 is 0 Å². The largest absolute Gasteiger partial charge is 0.347 e. The Morgan fingerprint density at radius 3 is 2.61 bits per heavy atom. The summed E-state index contributed by atoms with van der Waals surface area (Å²) < 4.78 is 14.5. The number of amides is 2. The van der Waals surface area contributed by atoms with E-state index in [-0.39, 0.29) is 41.5 Å². The number of rotatable bonds is 6. The summed E-state index contributed by atoms with van der Waals surface area (Å²) in [6, 6.07) is 12.3. The number of carbonyl (C=O) groups excluding carboxylic acids is 3. The van der Waals surface area contributed by atoms with Gasteiger partial charge in [0.05, 0.1) is 12.2 Å². The average Bonchev–Trinajstić information content (AvgIpc) is 3.50. The molecule has 2 aromatic heterocycles. The molecule has 0 radical (unpaired) electrons. The number of halogens is 1. The van der Waals surface area contributed by atoms with Crippen LogP contribution in [0.25, 0.3) is 5.65 Å². The van der Waals surface area contributed by atoms with Crippen LogP contribution in [0.1, 0.15) is 73.0 Å². The number of carbonyl (C=O) groups is 3. The van der Waals surface area contributed by atoms with Gasteiger partial charge in [0.15, 0.2) is 11.4 Å². The van der Waals surface area contributed by atoms with E-state index in [9.17, 15) is 18.8 Å². The molecular formula is C27H24FN5O3. The normalized spacial score (nSPS) is 14.5. The van der Waals surface area contributed by atoms with Gasteiger partial charge in [-0.1, -0.05) is 24.3 Å². The Morgan fingerprint density at radius 1 is 1.08 bits per heavy atom. The van der Waals surface area contributed by atoms with Gasteiger partial charge in [0.1, 0.15) is 17.2 Å². The average molecular weight is 486 g/mol. The molecule has 2 N–H and O–H groups in total. The van der Waals surface area contributed by atoms with Crippen LogP contribution < -0.4 is 10.6 Å². The minimum atomic E-state index is -0.462. The molecule has 0 spiro atoms. The van der Waals surface area contributed by atoms with Crippen molar-refractivity contribution in [2.24, 2.45) is 0 Å². The lowest BCUT2D eigenvalue weighted by molar-refractivity contribution is 0.0927. The minimum absolute atomic E-state index is 0.0193. The second-order valence-electron chi connectivity index (χ2n) is 8.86. The van der Waals surface area contributed by atoms with Gasteiger partial charge in [-0.15, -0.1) is 0 Å². The lowest BCUT2D eigenvalue weighted by atomic mass is 9.96. The lowest BCUT2D eigenvalue weighted by Gasteiger charge is -2.16.